The fourth-order valence-electron chi connectivity index (χ4n) is 3.65. The van der Waals surface area contributed by atoms with Crippen LogP contribution in [0, 0.1) is 5.92 Å². The van der Waals surface area contributed by atoms with Gasteiger partial charge in [-0.1, -0.05) is 33.8 Å². The third-order valence-corrected chi connectivity index (χ3v) is 5.62. The van der Waals surface area contributed by atoms with Crippen molar-refractivity contribution in [1.82, 2.24) is 10.2 Å². The summed E-state index contributed by atoms with van der Waals surface area (Å²) >= 11 is -1.90. The zero-order valence-corrected chi connectivity index (χ0v) is 18.4. The highest BCUT2D eigenvalue weighted by Gasteiger charge is 2.21. The van der Waals surface area contributed by atoms with Crippen molar-refractivity contribution in [2.24, 2.45) is 5.92 Å². The number of hydrogen-bond donors (Lipinski definition) is 2. The van der Waals surface area contributed by atoms with Crippen LogP contribution in [-0.4, -0.2) is 59.5 Å². The second kappa shape index (κ2) is 14.1. The Hall–Kier alpha value is -0.950. The summed E-state index contributed by atoms with van der Waals surface area (Å²) in [5.41, 5.74) is 1.08. The fourth-order valence-corrected chi connectivity index (χ4v) is 4.07. The van der Waals surface area contributed by atoms with Gasteiger partial charge in [0, 0.05) is 51.5 Å². The van der Waals surface area contributed by atoms with Crippen LogP contribution in [0.15, 0.2) is 29.2 Å². The first-order valence-electron chi connectivity index (χ1n) is 10.6. The van der Waals surface area contributed by atoms with Crippen LogP contribution in [0.25, 0.3) is 0 Å². The standard InChI is InChI=1S/C17H27N3O2S.2C2H6/c21-23(22)17-5-1-4-16(13-17)20-9-2-3-15(6-10-20)14-19-11-7-18-8-12-19;2*1-2/h1,4-5,13,15,18H,2-3,6-12,14H2,(H,21,22);2*1-2H3. The third kappa shape index (κ3) is 8.30. The Morgan fingerprint density at radius 3 is 2.44 bits per heavy atom. The molecule has 5 nitrogen and oxygen atoms in total. The average molecular weight is 398 g/mol. The van der Waals surface area contributed by atoms with E-state index in [1.165, 1.54) is 38.9 Å². The zero-order chi connectivity index (χ0) is 20.1. The molecule has 2 saturated heterocycles. The molecule has 2 aliphatic heterocycles. The van der Waals surface area contributed by atoms with Crippen molar-refractivity contribution in [3.05, 3.63) is 24.3 Å². The molecule has 0 amide bonds. The van der Waals surface area contributed by atoms with Crippen molar-refractivity contribution in [2.45, 2.75) is 51.9 Å². The number of piperazine rings is 1. The molecule has 1 aromatic rings. The number of rotatable bonds is 4. The molecular weight excluding hydrogens is 358 g/mol. The molecule has 6 heteroatoms. The lowest BCUT2D eigenvalue weighted by molar-refractivity contribution is 0.198. The predicted octanol–water partition coefficient (Wildman–Crippen LogP) is 3.83. The van der Waals surface area contributed by atoms with Crippen molar-refractivity contribution >= 4 is 16.8 Å². The summed E-state index contributed by atoms with van der Waals surface area (Å²) in [6.45, 7) is 15.9. The predicted molar refractivity (Wildman–Crippen MR) is 117 cm³/mol. The Bertz CT molecular complexity index is 536. The fraction of sp³-hybridized carbons (Fsp3) is 0.714. The van der Waals surface area contributed by atoms with Gasteiger partial charge in [-0.15, -0.1) is 0 Å². The third-order valence-electron chi connectivity index (χ3n) is 4.96. The normalized spacial score (nSPS) is 21.8. The summed E-state index contributed by atoms with van der Waals surface area (Å²) in [5.74, 6) is 0.772. The Kier molecular flexibility index (Phi) is 12.6. The maximum Gasteiger partial charge on any atom is 0.186 e. The van der Waals surface area contributed by atoms with Crippen molar-refractivity contribution in [2.75, 3.05) is 50.7 Å². The van der Waals surface area contributed by atoms with E-state index in [1.54, 1.807) is 6.07 Å². The second-order valence-electron chi connectivity index (χ2n) is 6.58. The number of benzene rings is 1. The largest absolute Gasteiger partial charge is 0.371 e. The van der Waals surface area contributed by atoms with Gasteiger partial charge in [0.1, 0.15) is 0 Å². The van der Waals surface area contributed by atoms with Gasteiger partial charge in [0.25, 0.3) is 0 Å². The van der Waals surface area contributed by atoms with Gasteiger partial charge >= 0.3 is 0 Å². The summed E-state index contributed by atoms with van der Waals surface area (Å²) in [6.07, 6.45) is 3.69. The molecule has 2 N–H and O–H groups in total. The molecule has 0 aromatic heterocycles. The van der Waals surface area contributed by atoms with Gasteiger partial charge in [0.2, 0.25) is 0 Å². The van der Waals surface area contributed by atoms with Gasteiger partial charge in [-0.25, -0.2) is 4.21 Å². The van der Waals surface area contributed by atoms with Crippen LogP contribution in [0.2, 0.25) is 0 Å². The lowest BCUT2D eigenvalue weighted by Crippen LogP contribution is -2.45. The molecule has 2 aliphatic rings. The Morgan fingerprint density at radius 1 is 1.07 bits per heavy atom. The summed E-state index contributed by atoms with van der Waals surface area (Å²) in [7, 11) is 0. The first-order chi connectivity index (χ1) is 13.2. The number of anilines is 1. The average Bonchev–Trinajstić information content (AvgIpc) is 2.97. The molecule has 27 heavy (non-hydrogen) atoms. The first-order valence-corrected chi connectivity index (χ1v) is 11.7. The number of nitrogens with zero attached hydrogens (tertiary/aromatic N) is 2. The molecule has 0 radical (unpaired) electrons. The second-order valence-corrected chi connectivity index (χ2v) is 7.55. The molecule has 2 fully saturated rings. The van der Waals surface area contributed by atoms with Gasteiger partial charge < -0.3 is 19.7 Å². The van der Waals surface area contributed by atoms with Crippen LogP contribution in [0.1, 0.15) is 47.0 Å². The van der Waals surface area contributed by atoms with E-state index in [-0.39, 0.29) is 0 Å². The van der Waals surface area contributed by atoms with E-state index in [4.69, 9.17) is 0 Å². The molecule has 0 spiro atoms. The summed E-state index contributed by atoms with van der Waals surface area (Å²) < 4.78 is 20.5. The monoisotopic (exact) mass is 397 g/mol. The van der Waals surface area contributed by atoms with Crippen molar-refractivity contribution in [1.29, 1.82) is 0 Å². The van der Waals surface area contributed by atoms with Crippen LogP contribution in [-0.2, 0) is 11.1 Å². The highest BCUT2D eigenvalue weighted by atomic mass is 32.2. The first kappa shape index (κ1) is 24.1. The molecule has 3 rings (SSSR count). The molecule has 2 unspecified atom stereocenters. The zero-order valence-electron chi connectivity index (χ0n) is 17.6. The minimum atomic E-state index is -1.90. The maximum absolute atomic E-state index is 11.3. The van der Waals surface area contributed by atoms with Crippen molar-refractivity contribution in [3.63, 3.8) is 0 Å². The quantitative estimate of drug-likeness (QED) is 0.756. The van der Waals surface area contributed by atoms with Crippen LogP contribution >= 0.6 is 0 Å². The molecule has 0 saturated carbocycles. The van der Waals surface area contributed by atoms with Gasteiger partial charge in [0.15, 0.2) is 11.1 Å². The molecular formula is C21H39N3O2S. The minimum Gasteiger partial charge on any atom is -0.371 e. The van der Waals surface area contributed by atoms with Crippen LogP contribution in [0.4, 0.5) is 5.69 Å². The van der Waals surface area contributed by atoms with Gasteiger partial charge in [-0.05, 0) is 43.4 Å². The summed E-state index contributed by atoms with van der Waals surface area (Å²) in [4.78, 5) is 5.45. The van der Waals surface area contributed by atoms with Crippen LogP contribution in [0.5, 0.6) is 0 Å². The Labute approximate surface area is 168 Å². The van der Waals surface area contributed by atoms with Gasteiger partial charge in [0.05, 0.1) is 4.90 Å². The van der Waals surface area contributed by atoms with E-state index in [0.717, 1.165) is 37.8 Å². The van der Waals surface area contributed by atoms with E-state index in [0.29, 0.717) is 4.90 Å². The van der Waals surface area contributed by atoms with E-state index in [2.05, 4.69) is 15.1 Å². The van der Waals surface area contributed by atoms with E-state index < -0.39 is 11.1 Å². The van der Waals surface area contributed by atoms with E-state index in [9.17, 15) is 8.76 Å². The lowest BCUT2D eigenvalue weighted by atomic mass is 10.00. The maximum atomic E-state index is 11.3. The molecule has 156 valence electrons. The summed E-state index contributed by atoms with van der Waals surface area (Å²) in [6, 6.07) is 7.49. The van der Waals surface area contributed by atoms with Gasteiger partial charge in [-0.3, -0.25) is 0 Å². The van der Waals surface area contributed by atoms with Crippen molar-refractivity contribution in [3.8, 4) is 0 Å². The molecule has 0 bridgehead atoms. The minimum absolute atomic E-state index is 0.490. The topological polar surface area (TPSA) is 55.8 Å². The Morgan fingerprint density at radius 2 is 1.78 bits per heavy atom. The van der Waals surface area contributed by atoms with Gasteiger partial charge in [-0.2, -0.15) is 0 Å². The number of nitrogens with one attached hydrogen (secondary N) is 1. The lowest BCUT2D eigenvalue weighted by Gasteiger charge is -2.30. The summed E-state index contributed by atoms with van der Waals surface area (Å²) in [5, 5.41) is 3.41. The molecule has 2 heterocycles. The SMILES string of the molecule is CC.CC.O=S(O)c1cccc(N2CCCC(CN3CCNCC3)CC2)c1. The van der Waals surface area contributed by atoms with Crippen LogP contribution in [0.3, 0.4) is 0 Å². The van der Waals surface area contributed by atoms with E-state index >= 15 is 0 Å². The van der Waals surface area contributed by atoms with E-state index in [1.807, 2.05) is 45.9 Å². The van der Waals surface area contributed by atoms with Crippen LogP contribution < -0.4 is 10.2 Å². The molecule has 1 aromatic carbocycles. The number of hydrogen-bond acceptors (Lipinski definition) is 4. The highest BCUT2D eigenvalue weighted by molar-refractivity contribution is 7.79. The molecule has 0 aliphatic carbocycles. The smallest absolute Gasteiger partial charge is 0.186 e. The van der Waals surface area contributed by atoms with Crippen molar-refractivity contribution < 1.29 is 8.76 Å². The Balaban J connectivity index is 0.000000855. The highest BCUT2D eigenvalue weighted by Crippen LogP contribution is 2.25. The molecule has 2 atom stereocenters.